The molecule has 0 aliphatic rings. The molecule has 0 spiro atoms. The number of anilines is 1. The molecule has 0 amide bonds. The summed E-state index contributed by atoms with van der Waals surface area (Å²) in [6.07, 6.45) is 0. The highest BCUT2D eigenvalue weighted by Crippen LogP contribution is 2.19. The van der Waals surface area contributed by atoms with Gasteiger partial charge in [-0.25, -0.2) is 0 Å². The molecule has 0 saturated carbocycles. The molecule has 2 aromatic rings. The van der Waals surface area contributed by atoms with Crippen molar-refractivity contribution < 1.29 is 4.74 Å². The highest BCUT2D eigenvalue weighted by molar-refractivity contribution is 5.47. The van der Waals surface area contributed by atoms with Crippen LogP contribution in [0.2, 0.25) is 0 Å². The Balaban J connectivity index is 1.96. The van der Waals surface area contributed by atoms with E-state index in [1.54, 1.807) is 7.11 Å². The third-order valence-electron chi connectivity index (χ3n) is 3.38. The van der Waals surface area contributed by atoms with Crippen LogP contribution in [0.15, 0.2) is 48.5 Å². The van der Waals surface area contributed by atoms with Crippen LogP contribution in [0.5, 0.6) is 0 Å². The molecule has 0 saturated heterocycles. The summed E-state index contributed by atoms with van der Waals surface area (Å²) < 4.78 is 5.12. The SMILES string of the molecule is COCc1ccc(CNc2cccc(C(C)C)c2)cc1. The number of benzene rings is 2. The molecular weight excluding hydrogens is 246 g/mol. The van der Waals surface area contributed by atoms with Crippen LogP contribution in [0.25, 0.3) is 0 Å². The summed E-state index contributed by atoms with van der Waals surface area (Å²) in [6.45, 7) is 5.94. The highest BCUT2D eigenvalue weighted by atomic mass is 16.5. The molecule has 2 rings (SSSR count). The van der Waals surface area contributed by atoms with Gasteiger partial charge in [0.2, 0.25) is 0 Å². The van der Waals surface area contributed by atoms with Crippen molar-refractivity contribution in [2.45, 2.75) is 32.9 Å². The van der Waals surface area contributed by atoms with Crippen LogP contribution >= 0.6 is 0 Å². The first kappa shape index (κ1) is 14.6. The van der Waals surface area contributed by atoms with Gasteiger partial charge in [-0.3, -0.25) is 0 Å². The fourth-order valence-corrected chi connectivity index (χ4v) is 2.13. The van der Waals surface area contributed by atoms with Crippen LogP contribution in [-0.2, 0) is 17.9 Å². The Kier molecular flexibility index (Phi) is 5.19. The van der Waals surface area contributed by atoms with E-state index in [9.17, 15) is 0 Å². The smallest absolute Gasteiger partial charge is 0.0713 e. The van der Waals surface area contributed by atoms with Gasteiger partial charge in [-0.15, -0.1) is 0 Å². The molecule has 0 heterocycles. The summed E-state index contributed by atoms with van der Waals surface area (Å²) in [6, 6.07) is 17.2. The molecule has 0 fully saturated rings. The molecule has 0 radical (unpaired) electrons. The Labute approximate surface area is 121 Å². The van der Waals surface area contributed by atoms with Crippen LogP contribution in [0, 0.1) is 0 Å². The molecule has 2 aromatic carbocycles. The molecule has 1 N–H and O–H groups in total. The summed E-state index contributed by atoms with van der Waals surface area (Å²) in [5, 5.41) is 3.48. The van der Waals surface area contributed by atoms with Gasteiger partial charge in [0.15, 0.2) is 0 Å². The average Bonchev–Trinajstić information content (AvgIpc) is 2.47. The summed E-state index contributed by atoms with van der Waals surface area (Å²) in [5.74, 6) is 0.560. The van der Waals surface area contributed by atoms with Crippen LogP contribution < -0.4 is 5.32 Å². The molecular formula is C18H23NO. The first-order valence-electron chi connectivity index (χ1n) is 7.09. The average molecular weight is 269 g/mol. The van der Waals surface area contributed by atoms with Gasteiger partial charge in [0, 0.05) is 19.3 Å². The zero-order chi connectivity index (χ0) is 14.4. The van der Waals surface area contributed by atoms with E-state index in [1.165, 1.54) is 22.4 Å². The van der Waals surface area contributed by atoms with Gasteiger partial charge in [-0.1, -0.05) is 50.2 Å². The maximum Gasteiger partial charge on any atom is 0.0713 e. The van der Waals surface area contributed by atoms with Crippen LogP contribution in [-0.4, -0.2) is 7.11 Å². The number of rotatable bonds is 6. The van der Waals surface area contributed by atoms with Gasteiger partial charge >= 0.3 is 0 Å². The van der Waals surface area contributed by atoms with Gasteiger partial charge in [0.25, 0.3) is 0 Å². The summed E-state index contributed by atoms with van der Waals surface area (Å²) in [7, 11) is 1.72. The van der Waals surface area contributed by atoms with E-state index >= 15 is 0 Å². The Morgan fingerprint density at radius 2 is 1.70 bits per heavy atom. The van der Waals surface area contributed by atoms with Crippen molar-refractivity contribution in [3.05, 3.63) is 65.2 Å². The molecule has 0 aliphatic carbocycles. The molecule has 0 unspecified atom stereocenters. The van der Waals surface area contributed by atoms with Crippen molar-refractivity contribution in [1.82, 2.24) is 0 Å². The fourth-order valence-electron chi connectivity index (χ4n) is 2.13. The predicted octanol–water partition coefficient (Wildman–Crippen LogP) is 4.57. The Bertz CT molecular complexity index is 531. The summed E-state index contributed by atoms with van der Waals surface area (Å²) >= 11 is 0. The van der Waals surface area contributed by atoms with E-state index in [0.29, 0.717) is 12.5 Å². The van der Waals surface area contributed by atoms with Crippen LogP contribution in [0.4, 0.5) is 5.69 Å². The van der Waals surface area contributed by atoms with Crippen molar-refractivity contribution in [3.8, 4) is 0 Å². The first-order chi connectivity index (χ1) is 9.69. The van der Waals surface area contributed by atoms with Gasteiger partial charge in [-0.05, 0) is 34.7 Å². The van der Waals surface area contributed by atoms with Gasteiger partial charge < -0.3 is 10.1 Å². The summed E-state index contributed by atoms with van der Waals surface area (Å²) in [4.78, 5) is 0. The van der Waals surface area contributed by atoms with Gasteiger partial charge in [0.05, 0.1) is 6.61 Å². The second kappa shape index (κ2) is 7.11. The molecule has 0 aromatic heterocycles. The maximum atomic E-state index is 5.12. The molecule has 2 heteroatoms. The standard InChI is InChI=1S/C18H23NO/c1-14(2)17-5-4-6-18(11-17)19-12-15-7-9-16(10-8-15)13-20-3/h4-11,14,19H,12-13H2,1-3H3. The monoisotopic (exact) mass is 269 g/mol. The van der Waals surface area contributed by atoms with E-state index in [2.05, 4.69) is 67.7 Å². The van der Waals surface area contributed by atoms with E-state index in [4.69, 9.17) is 4.74 Å². The minimum Gasteiger partial charge on any atom is -0.381 e. The van der Waals surface area contributed by atoms with Crippen molar-refractivity contribution in [3.63, 3.8) is 0 Å². The largest absolute Gasteiger partial charge is 0.381 e. The van der Waals surface area contributed by atoms with Crippen molar-refractivity contribution >= 4 is 5.69 Å². The minimum atomic E-state index is 0.560. The molecule has 0 bridgehead atoms. The lowest BCUT2D eigenvalue weighted by molar-refractivity contribution is 0.185. The molecule has 20 heavy (non-hydrogen) atoms. The van der Waals surface area contributed by atoms with Crippen LogP contribution in [0.1, 0.15) is 36.5 Å². The Hall–Kier alpha value is -1.80. The third-order valence-corrected chi connectivity index (χ3v) is 3.38. The van der Waals surface area contributed by atoms with Crippen molar-refractivity contribution in [1.29, 1.82) is 0 Å². The molecule has 106 valence electrons. The van der Waals surface area contributed by atoms with Crippen LogP contribution in [0.3, 0.4) is 0 Å². The van der Waals surface area contributed by atoms with Gasteiger partial charge in [0.1, 0.15) is 0 Å². The number of nitrogens with one attached hydrogen (secondary N) is 1. The van der Waals surface area contributed by atoms with Gasteiger partial charge in [-0.2, -0.15) is 0 Å². The molecule has 0 aliphatic heterocycles. The lowest BCUT2D eigenvalue weighted by atomic mass is 10.0. The zero-order valence-electron chi connectivity index (χ0n) is 12.5. The highest BCUT2D eigenvalue weighted by Gasteiger charge is 2.00. The summed E-state index contributed by atoms with van der Waals surface area (Å²) in [5.41, 5.74) is 5.03. The molecule has 2 nitrogen and oxygen atoms in total. The lowest BCUT2D eigenvalue weighted by Gasteiger charge is -2.11. The quantitative estimate of drug-likeness (QED) is 0.829. The Morgan fingerprint density at radius 1 is 1.00 bits per heavy atom. The van der Waals surface area contributed by atoms with E-state index in [0.717, 1.165) is 6.54 Å². The molecule has 0 atom stereocenters. The maximum absolute atomic E-state index is 5.12. The first-order valence-corrected chi connectivity index (χ1v) is 7.09. The number of hydrogen-bond donors (Lipinski definition) is 1. The van der Waals surface area contributed by atoms with Crippen molar-refractivity contribution in [2.75, 3.05) is 12.4 Å². The zero-order valence-corrected chi connectivity index (χ0v) is 12.5. The second-order valence-electron chi connectivity index (χ2n) is 5.38. The number of hydrogen-bond acceptors (Lipinski definition) is 2. The second-order valence-corrected chi connectivity index (χ2v) is 5.38. The number of methoxy groups -OCH3 is 1. The van der Waals surface area contributed by atoms with E-state index < -0.39 is 0 Å². The third kappa shape index (κ3) is 4.10. The lowest BCUT2D eigenvalue weighted by Crippen LogP contribution is -2.00. The van der Waals surface area contributed by atoms with E-state index in [1.807, 2.05) is 0 Å². The normalized spacial score (nSPS) is 10.8. The fraction of sp³-hybridized carbons (Fsp3) is 0.333. The van der Waals surface area contributed by atoms with E-state index in [-0.39, 0.29) is 0 Å². The Morgan fingerprint density at radius 3 is 2.35 bits per heavy atom. The van der Waals surface area contributed by atoms with Crippen molar-refractivity contribution in [2.24, 2.45) is 0 Å². The number of ether oxygens (including phenoxy) is 1. The topological polar surface area (TPSA) is 21.3 Å². The minimum absolute atomic E-state index is 0.560. The predicted molar refractivity (Wildman–Crippen MR) is 85.0 cm³/mol.